The monoisotopic (exact) mass is 475 g/mol. The molecule has 4 aliphatic heterocycles. The lowest BCUT2D eigenvalue weighted by Gasteiger charge is -2.33. The molecule has 4 fully saturated rings. The molecule has 0 bridgehead atoms. The van der Waals surface area contributed by atoms with E-state index in [4.69, 9.17) is 0 Å². The Balaban J connectivity index is 0.924. The number of nitrogens with zero attached hydrogens (tertiary/aromatic N) is 4. The molecule has 5 aliphatic rings. The van der Waals surface area contributed by atoms with E-state index < -0.39 is 0 Å². The lowest BCUT2D eigenvalue weighted by Crippen LogP contribution is -2.40. The number of benzene rings is 1. The van der Waals surface area contributed by atoms with Crippen molar-refractivity contribution in [2.45, 2.75) is 51.0 Å². The van der Waals surface area contributed by atoms with E-state index in [0.717, 1.165) is 38.5 Å². The van der Waals surface area contributed by atoms with Crippen LogP contribution in [-0.2, 0) is 6.54 Å². The van der Waals surface area contributed by atoms with E-state index in [-0.39, 0.29) is 6.03 Å². The van der Waals surface area contributed by atoms with Crippen molar-refractivity contribution in [3.63, 3.8) is 0 Å². The number of piperidine rings is 2. The molecule has 0 radical (unpaired) electrons. The molecule has 2 amide bonds. The highest BCUT2D eigenvalue weighted by Gasteiger charge is 2.54. The van der Waals surface area contributed by atoms with Crippen LogP contribution >= 0.6 is 0 Å². The Bertz CT molecular complexity index is 969. The maximum absolute atomic E-state index is 12.7. The molecule has 6 rings (SSSR count). The highest BCUT2D eigenvalue weighted by atomic mass is 16.2. The highest BCUT2D eigenvalue weighted by Crippen LogP contribution is 2.59. The molecule has 1 saturated carbocycles. The van der Waals surface area contributed by atoms with Crippen molar-refractivity contribution in [1.29, 1.82) is 0 Å². The first-order valence-corrected chi connectivity index (χ1v) is 13.8. The summed E-state index contributed by atoms with van der Waals surface area (Å²) in [7, 11) is 2.23. The summed E-state index contributed by atoms with van der Waals surface area (Å²) in [4.78, 5) is 24.0. The predicted molar refractivity (Wildman–Crippen MR) is 141 cm³/mol. The molecular weight excluding hydrogens is 434 g/mol. The van der Waals surface area contributed by atoms with Gasteiger partial charge in [0.1, 0.15) is 0 Å². The van der Waals surface area contributed by atoms with Gasteiger partial charge in [-0.05, 0) is 106 Å². The summed E-state index contributed by atoms with van der Waals surface area (Å²) in [6, 6.07) is 9.61. The summed E-state index contributed by atoms with van der Waals surface area (Å²) >= 11 is 0. The second-order valence-electron chi connectivity index (χ2n) is 11.9. The molecule has 1 N–H and O–H groups in total. The Hall–Kier alpha value is -2.18. The van der Waals surface area contributed by atoms with Crippen LogP contribution in [-0.4, -0.2) is 79.8 Å². The maximum Gasteiger partial charge on any atom is 0.317 e. The minimum atomic E-state index is 0.114. The Labute approximate surface area is 210 Å². The van der Waals surface area contributed by atoms with Crippen molar-refractivity contribution in [2.75, 3.05) is 52.9 Å². The number of amides is 2. The van der Waals surface area contributed by atoms with Crippen LogP contribution < -0.4 is 5.32 Å². The Kier molecular flexibility index (Phi) is 6.44. The number of urea groups is 1. The second-order valence-corrected chi connectivity index (χ2v) is 11.9. The fraction of sp³-hybridized carbons (Fsp3) is 0.655. The Morgan fingerprint density at radius 1 is 1.09 bits per heavy atom. The SMILES string of the molecule is CN1CCC(c2ccc(CN3CCC4(CC3)CC4CNC(=O)N3CC4=CN=CCC4C3)cc2)CC1. The van der Waals surface area contributed by atoms with Crippen LogP contribution in [0.1, 0.15) is 55.6 Å². The van der Waals surface area contributed by atoms with Crippen LogP contribution in [0.3, 0.4) is 0 Å². The molecule has 1 aromatic rings. The van der Waals surface area contributed by atoms with Gasteiger partial charge in [0.2, 0.25) is 0 Å². The number of likely N-dealkylation sites (tertiary alicyclic amines) is 3. The average Bonchev–Trinajstić information content (AvgIpc) is 3.36. The minimum Gasteiger partial charge on any atom is -0.338 e. The lowest BCUT2D eigenvalue weighted by molar-refractivity contribution is 0.155. The fourth-order valence-corrected chi connectivity index (χ4v) is 6.97. The highest BCUT2D eigenvalue weighted by molar-refractivity contribution is 5.75. The molecule has 35 heavy (non-hydrogen) atoms. The van der Waals surface area contributed by atoms with Crippen molar-refractivity contribution >= 4 is 12.2 Å². The molecule has 6 nitrogen and oxygen atoms in total. The summed E-state index contributed by atoms with van der Waals surface area (Å²) in [6.07, 6.45) is 11.3. The number of rotatable bonds is 5. The number of carbonyl (C=O) groups excluding carboxylic acids is 1. The smallest absolute Gasteiger partial charge is 0.317 e. The number of hydrogen-bond donors (Lipinski definition) is 1. The molecule has 2 atom stereocenters. The number of aliphatic imine (C=N–C) groups is 1. The summed E-state index contributed by atoms with van der Waals surface area (Å²) in [6.45, 7) is 8.31. The molecule has 4 heterocycles. The van der Waals surface area contributed by atoms with Gasteiger partial charge in [0.15, 0.2) is 0 Å². The van der Waals surface area contributed by atoms with Gasteiger partial charge in [-0.2, -0.15) is 0 Å². The molecule has 3 saturated heterocycles. The maximum atomic E-state index is 12.7. The Morgan fingerprint density at radius 2 is 1.86 bits per heavy atom. The van der Waals surface area contributed by atoms with Gasteiger partial charge in [-0.15, -0.1) is 0 Å². The third kappa shape index (κ3) is 5.05. The first-order valence-electron chi connectivity index (χ1n) is 13.8. The first kappa shape index (κ1) is 23.2. The molecule has 188 valence electrons. The van der Waals surface area contributed by atoms with Crippen LogP contribution in [0.5, 0.6) is 0 Å². The van der Waals surface area contributed by atoms with E-state index in [2.05, 4.69) is 51.4 Å². The third-order valence-corrected chi connectivity index (χ3v) is 9.65. The molecular formula is C29H41N5O. The summed E-state index contributed by atoms with van der Waals surface area (Å²) in [5.74, 6) is 1.89. The van der Waals surface area contributed by atoms with Gasteiger partial charge in [-0.3, -0.25) is 9.89 Å². The zero-order valence-corrected chi connectivity index (χ0v) is 21.3. The number of fused-ring (bicyclic) bond motifs is 1. The fourth-order valence-electron chi connectivity index (χ4n) is 6.97. The van der Waals surface area contributed by atoms with E-state index in [1.807, 2.05) is 17.3 Å². The van der Waals surface area contributed by atoms with Gasteiger partial charge in [0, 0.05) is 44.5 Å². The van der Waals surface area contributed by atoms with Crippen LogP contribution in [0, 0.1) is 17.3 Å². The van der Waals surface area contributed by atoms with E-state index in [1.54, 1.807) is 0 Å². The van der Waals surface area contributed by atoms with Crippen LogP contribution in [0.15, 0.2) is 41.0 Å². The van der Waals surface area contributed by atoms with Crippen molar-refractivity contribution in [3.8, 4) is 0 Å². The van der Waals surface area contributed by atoms with E-state index in [9.17, 15) is 4.79 Å². The minimum absolute atomic E-state index is 0.114. The molecule has 1 aromatic carbocycles. The molecule has 6 heteroatoms. The molecule has 2 unspecified atom stereocenters. The van der Waals surface area contributed by atoms with E-state index >= 15 is 0 Å². The van der Waals surface area contributed by atoms with Gasteiger partial charge in [0.05, 0.1) is 0 Å². The van der Waals surface area contributed by atoms with Gasteiger partial charge in [0.25, 0.3) is 0 Å². The normalized spacial score (nSPS) is 28.7. The zero-order valence-electron chi connectivity index (χ0n) is 21.3. The summed E-state index contributed by atoms with van der Waals surface area (Å²) in [5, 5.41) is 3.26. The van der Waals surface area contributed by atoms with Gasteiger partial charge in [-0.25, -0.2) is 4.79 Å². The summed E-state index contributed by atoms with van der Waals surface area (Å²) < 4.78 is 0. The standard InChI is InChI=1S/C29H41N5O/c1-32-12-7-24(8-13-32)23-4-2-22(3-5-23)19-33-14-9-29(10-15-33)16-27(29)18-31-28(35)34-20-25-6-11-30-17-26(25)21-34/h2-5,11,17,24-25,27H,6-10,12-16,18-21H2,1H3,(H,31,35). The molecule has 0 aromatic heterocycles. The van der Waals surface area contributed by atoms with Gasteiger partial charge >= 0.3 is 6.03 Å². The van der Waals surface area contributed by atoms with Crippen LogP contribution in [0.2, 0.25) is 0 Å². The number of carbonyl (C=O) groups is 1. The molecule has 1 spiro atoms. The number of hydrogen-bond acceptors (Lipinski definition) is 4. The van der Waals surface area contributed by atoms with Crippen molar-refractivity contribution in [3.05, 3.63) is 47.2 Å². The molecule has 1 aliphatic carbocycles. The largest absolute Gasteiger partial charge is 0.338 e. The van der Waals surface area contributed by atoms with Crippen molar-refractivity contribution < 1.29 is 4.79 Å². The zero-order chi connectivity index (χ0) is 23.8. The lowest BCUT2D eigenvalue weighted by atomic mass is 9.89. The first-order chi connectivity index (χ1) is 17.1. The summed E-state index contributed by atoms with van der Waals surface area (Å²) in [5.41, 5.74) is 4.77. The second kappa shape index (κ2) is 9.70. The van der Waals surface area contributed by atoms with Gasteiger partial charge < -0.3 is 15.1 Å². The predicted octanol–water partition coefficient (Wildman–Crippen LogP) is 4.10. The quantitative estimate of drug-likeness (QED) is 0.698. The number of nitrogens with one attached hydrogen (secondary N) is 1. The Morgan fingerprint density at radius 3 is 2.60 bits per heavy atom. The van der Waals surface area contributed by atoms with Crippen molar-refractivity contribution in [1.82, 2.24) is 20.0 Å². The average molecular weight is 476 g/mol. The van der Waals surface area contributed by atoms with Crippen LogP contribution in [0.4, 0.5) is 4.79 Å². The van der Waals surface area contributed by atoms with Gasteiger partial charge in [-0.1, -0.05) is 24.3 Å². The third-order valence-electron chi connectivity index (χ3n) is 9.65. The van der Waals surface area contributed by atoms with Crippen molar-refractivity contribution in [2.24, 2.45) is 22.2 Å². The van der Waals surface area contributed by atoms with Crippen LogP contribution in [0.25, 0.3) is 0 Å². The van der Waals surface area contributed by atoms with E-state index in [0.29, 0.717) is 17.3 Å². The van der Waals surface area contributed by atoms with E-state index in [1.165, 1.54) is 75.0 Å². The topological polar surface area (TPSA) is 51.2 Å².